The van der Waals surface area contributed by atoms with Crippen LogP contribution in [0.1, 0.15) is 24.5 Å². The zero-order valence-corrected chi connectivity index (χ0v) is 18.9. The van der Waals surface area contributed by atoms with Gasteiger partial charge < -0.3 is 23.7 Å². The Kier molecular flexibility index (Phi) is 7.47. The van der Waals surface area contributed by atoms with E-state index in [0.717, 1.165) is 12.5 Å². The minimum atomic E-state index is -1.32. The van der Waals surface area contributed by atoms with Crippen LogP contribution in [0.5, 0.6) is 0 Å². The molecule has 28 heavy (non-hydrogen) atoms. The maximum absolute atomic E-state index is 5.93. The molecule has 0 aromatic heterocycles. The van der Waals surface area contributed by atoms with Crippen LogP contribution in [0.15, 0.2) is 30.9 Å². The number of benzene rings is 1. The SMILES string of the molecule is C=CCOCC1(CC)COC2(OCC(C[SiH2]c3cccc(C)c3C)CO2)OC1. The van der Waals surface area contributed by atoms with Gasteiger partial charge >= 0.3 is 6.16 Å². The van der Waals surface area contributed by atoms with Gasteiger partial charge in [0.05, 0.1) is 49.2 Å². The smallest absolute Gasteiger partial charge is 0.377 e. The lowest BCUT2D eigenvalue weighted by atomic mass is 9.87. The van der Waals surface area contributed by atoms with Crippen LogP contribution in [-0.2, 0) is 23.7 Å². The van der Waals surface area contributed by atoms with Gasteiger partial charge in [-0.1, -0.05) is 42.4 Å². The highest BCUT2D eigenvalue weighted by atomic mass is 28.2. The Bertz CT molecular complexity index is 644. The first-order valence-corrected chi connectivity index (χ1v) is 12.0. The molecule has 0 saturated carbocycles. The van der Waals surface area contributed by atoms with Crippen molar-refractivity contribution in [2.75, 3.05) is 39.6 Å². The predicted molar refractivity (Wildman–Crippen MR) is 113 cm³/mol. The molecule has 2 aliphatic rings. The highest BCUT2D eigenvalue weighted by Gasteiger charge is 2.49. The van der Waals surface area contributed by atoms with Crippen LogP contribution < -0.4 is 5.19 Å². The summed E-state index contributed by atoms with van der Waals surface area (Å²) < 4.78 is 29.4. The first-order valence-electron chi connectivity index (χ1n) is 10.3. The fourth-order valence-electron chi connectivity index (χ4n) is 3.62. The minimum absolute atomic E-state index is 0.159. The summed E-state index contributed by atoms with van der Waals surface area (Å²) in [6, 6.07) is 7.78. The third-order valence-electron chi connectivity index (χ3n) is 6.03. The lowest BCUT2D eigenvalue weighted by molar-refractivity contribution is -0.541. The lowest BCUT2D eigenvalue weighted by Crippen LogP contribution is -2.57. The largest absolute Gasteiger partial charge is 0.412 e. The lowest BCUT2D eigenvalue weighted by Gasteiger charge is -2.46. The third kappa shape index (κ3) is 5.12. The standard InChI is InChI=1S/C22H34O5Si/c1-5-10-23-14-21(6-2)15-26-22(27-16-21)24-11-19(12-25-22)13-28-20-9-7-8-17(3)18(20)4/h5,7-9,19H,1,6,10-16,28H2,2-4H3. The summed E-state index contributed by atoms with van der Waals surface area (Å²) in [7, 11) is -0.347. The van der Waals surface area contributed by atoms with Crippen LogP contribution in [-0.4, -0.2) is 55.3 Å². The zero-order chi connectivity index (χ0) is 20.0. The highest BCUT2D eigenvalue weighted by Crippen LogP contribution is 2.37. The Hall–Kier alpha value is -1.02. The summed E-state index contributed by atoms with van der Waals surface area (Å²) in [5.74, 6) is 0.401. The molecule has 0 bridgehead atoms. The van der Waals surface area contributed by atoms with Gasteiger partial charge in [0, 0.05) is 11.3 Å². The fourth-order valence-corrected chi connectivity index (χ4v) is 5.63. The van der Waals surface area contributed by atoms with E-state index in [0.29, 0.717) is 45.6 Å². The van der Waals surface area contributed by atoms with E-state index in [1.807, 2.05) is 0 Å². The molecule has 0 aliphatic carbocycles. The summed E-state index contributed by atoms with van der Waals surface area (Å²) in [6.07, 6.45) is 1.34. The van der Waals surface area contributed by atoms with Gasteiger partial charge in [-0.15, -0.1) is 6.58 Å². The second-order valence-electron chi connectivity index (χ2n) is 8.12. The molecule has 2 aliphatic heterocycles. The molecule has 6 heteroatoms. The fraction of sp³-hybridized carbons (Fsp3) is 0.636. The summed E-state index contributed by atoms with van der Waals surface area (Å²) >= 11 is 0. The summed E-state index contributed by atoms with van der Waals surface area (Å²) in [6.45, 7) is 13.6. The van der Waals surface area contributed by atoms with Crippen molar-refractivity contribution >= 4 is 14.7 Å². The van der Waals surface area contributed by atoms with Crippen molar-refractivity contribution in [3.8, 4) is 0 Å². The van der Waals surface area contributed by atoms with Crippen molar-refractivity contribution in [3.63, 3.8) is 0 Å². The minimum Gasteiger partial charge on any atom is -0.377 e. The maximum atomic E-state index is 5.93. The molecule has 2 saturated heterocycles. The summed E-state index contributed by atoms with van der Waals surface area (Å²) in [4.78, 5) is 0. The van der Waals surface area contributed by atoms with Crippen molar-refractivity contribution < 1.29 is 23.7 Å². The summed E-state index contributed by atoms with van der Waals surface area (Å²) in [5, 5.41) is 1.54. The normalized spacial score (nSPS) is 30.9. The predicted octanol–water partition coefficient (Wildman–Crippen LogP) is 2.44. The molecule has 0 N–H and O–H groups in total. The van der Waals surface area contributed by atoms with E-state index in [2.05, 4.69) is 45.5 Å². The Morgan fingerprint density at radius 2 is 1.89 bits per heavy atom. The molecule has 2 fully saturated rings. The zero-order valence-electron chi connectivity index (χ0n) is 17.5. The van der Waals surface area contributed by atoms with E-state index in [4.69, 9.17) is 23.7 Å². The number of rotatable bonds is 8. The van der Waals surface area contributed by atoms with Crippen molar-refractivity contribution in [1.82, 2.24) is 0 Å². The quantitative estimate of drug-likeness (QED) is 0.377. The molecule has 1 aromatic rings. The van der Waals surface area contributed by atoms with Gasteiger partial charge in [0.2, 0.25) is 0 Å². The Morgan fingerprint density at radius 3 is 2.54 bits per heavy atom. The van der Waals surface area contributed by atoms with E-state index in [1.54, 1.807) is 6.08 Å². The highest BCUT2D eigenvalue weighted by molar-refractivity contribution is 6.54. The molecule has 0 atom stereocenters. The Balaban J connectivity index is 1.46. The van der Waals surface area contributed by atoms with Gasteiger partial charge in [-0.3, -0.25) is 0 Å². The third-order valence-corrected chi connectivity index (χ3v) is 8.44. The van der Waals surface area contributed by atoms with Crippen LogP contribution in [0, 0.1) is 25.2 Å². The van der Waals surface area contributed by atoms with E-state index in [-0.39, 0.29) is 14.9 Å². The molecular weight excluding hydrogens is 372 g/mol. The molecule has 5 nitrogen and oxygen atoms in total. The van der Waals surface area contributed by atoms with Crippen LogP contribution in [0.25, 0.3) is 0 Å². The van der Waals surface area contributed by atoms with Gasteiger partial charge in [-0.25, -0.2) is 0 Å². The van der Waals surface area contributed by atoms with Crippen LogP contribution >= 0.6 is 0 Å². The molecule has 2 heterocycles. The topological polar surface area (TPSA) is 46.2 Å². The Labute approximate surface area is 171 Å². The molecule has 0 amide bonds. The molecule has 156 valence electrons. The maximum Gasteiger partial charge on any atom is 0.412 e. The van der Waals surface area contributed by atoms with Crippen LogP contribution in [0.3, 0.4) is 0 Å². The number of hydrogen-bond donors (Lipinski definition) is 0. The monoisotopic (exact) mass is 406 g/mol. The van der Waals surface area contributed by atoms with Gasteiger partial charge in [-0.05, 0) is 31.4 Å². The average molecular weight is 407 g/mol. The Morgan fingerprint density at radius 1 is 1.18 bits per heavy atom. The molecule has 1 spiro atoms. The van der Waals surface area contributed by atoms with Crippen molar-refractivity contribution in [3.05, 3.63) is 42.0 Å². The summed E-state index contributed by atoms with van der Waals surface area (Å²) in [5.41, 5.74) is 2.66. The van der Waals surface area contributed by atoms with Crippen molar-refractivity contribution in [2.45, 2.75) is 39.4 Å². The first-order chi connectivity index (χ1) is 13.5. The van der Waals surface area contributed by atoms with E-state index in [9.17, 15) is 0 Å². The van der Waals surface area contributed by atoms with E-state index >= 15 is 0 Å². The van der Waals surface area contributed by atoms with E-state index < -0.39 is 6.16 Å². The molecular formula is C22H34O5Si. The number of hydrogen-bond acceptors (Lipinski definition) is 5. The van der Waals surface area contributed by atoms with Gasteiger partial charge in [0.25, 0.3) is 0 Å². The van der Waals surface area contributed by atoms with Gasteiger partial charge in [0.1, 0.15) is 0 Å². The second-order valence-corrected chi connectivity index (χ2v) is 9.96. The van der Waals surface area contributed by atoms with Crippen LogP contribution in [0.4, 0.5) is 0 Å². The van der Waals surface area contributed by atoms with Crippen molar-refractivity contribution in [1.29, 1.82) is 0 Å². The average Bonchev–Trinajstić information content (AvgIpc) is 2.72. The first kappa shape index (κ1) is 21.7. The number of aryl methyl sites for hydroxylation is 1. The number of ether oxygens (including phenoxy) is 5. The molecule has 3 rings (SSSR count). The van der Waals surface area contributed by atoms with Gasteiger partial charge in [0.15, 0.2) is 0 Å². The molecule has 1 aromatic carbocycles. The second kappa shape index (κ2) is 9.65. The van der Waals surface area contributed by atoms with Crippen LogP contribution in [0.2, 0.25) is 6.04 Å². The molecule has 0 unspecified atom stereocenters. The van der Waals surface area contributed by atoms with Gasteiger partial charge in [-0.2, -0.15) is 0 Å². The van der Waals surface area contributed by atoms with E-state index in [1.165, 1.54) is 16.3 Å². The molecule has 0 radical (unpaired) electrons. The van der Waals surface area contributed by atoms with Crippen molar-refractivity contribution in [2.24, 2.45) is 11.3 Å².